The van der Waals surface area contributed by atoms with Crippen LogP contribution in [0.2, 0.25) is 0 Å². The predicted molar refractivity (Wildman–Crippen MR) is 50.6 cm³/mol. The first-order valence-electron chi connectivity index (χ1n) is 4.61. The Hall–Kier alpha value is -1.85. The lowest BCUT2D eigenvalue weighted by Gasteiger charge is -2.05. The van der Waals surface area contributed by atoms with Gasteiger partial charge in [-0.25, -0.2) is 9.59 Å². The first-order valence-corrected chi connectivity index (χ1v) is 4.61. The number of carbonyl (C=O) groups is 3. The Morgan fingerprint density at radius 2 is 2.13 bits per heavy atom. The smallest absolute Gasteiger partial charge is 0.333 e. The molecule has 1 aliphatic heterocycles. The maximum atomic E-state index is 11.5. The summed E-state index contributed by atoms with van der Waals surface area (Å²) in [5, 5.41) is 2.29. The van der Waals surface area contributed by atoms with Gasteiger partial charge in [-0.3, -0.25) is 9.69 Å². The molecule has 15 heavy (non-hydrogen) atoms. The summed E-state index contributed by atoms with van der Waals surface area (Å²) in [5.74, 6) is -1.14. The van der Waals surface area contributed by atoms with Crippen molar-refractivity contribution in [2.75, 3.05) is 13.2 Å². The maximum Gasteiger partial charge on any atom is 0.333 e. The Balaban J connectivity index is 2.78. The molecule has 0 radical (unpaired) electrons. The van der Waals surface area contributed by atoms with Crippen LogP contribution in [0.4, 0.5) is 4.79 Å². The molecule has 0 aromatic heterocycles. The SMILES string of the molecule is CCOC(=O)/C=C1/NC(=O)N(CC)C1=O. The van der Waals surface area contributed by atoms with Gasteiger partial charge < -0.3 is 10.1 Å². The van der Waals surface area contributed by atoms with E-state index in [1.807, 2.05) is 0 Å². The summed E-state index contributed by atoms with van der Waals surface area (Å²) in [4.78, 5) is 34.7. The average molecular weight is 212 g/mol. The summed E-state index contributed by atoms with van der Waals surface area (Å²) in [6.07, 6.45) is 0.986. The molecule has 0 aromatic carbocycles. The van der Waals surface area contributed by atoms with E-state index in [-0.39, 0.29) is 18.8 Å². The number of rotatable bonds is 3. The number of urea groups is 1. The number of nitrogens with one attached hydrogen (secondary N) is 1. The van der Waals surface area contributed by atoms with E-state index >= 15 is 0 Å². The Morgan fingerprint density at radius 3 is 2.60 bits per heavy atom. The van der Waals surface area contributed by atoms with Crippen molar-refractivity contribution in [3.63, 3.8) is 0 Å². The molecule has 6 heteroatoms. The summed E-state index contributed by atoms with van der Waals surface area (Å²) < 4.78 is 4.62. The summed E-state index contributed by atoms with van der Waals surface area (Å²) in [6, 6.07) is -0.516. The van der Waals surface area contributed by atoms with Crippen LogP contribution >= 0.6 is 0 Å². The first kappa shape index (κ1) is 11.2. The van der Waals surface area contributed by atoms with Crippen LogP contribution in [0.3, 0.4) is 0 Å². The maximum absolute atomic E-state index is 11.5. The van der Waals surface area contributed by atoms with Crippen molar-refractivity contribution >= 4 is 17.9 Å². The standard InChI is InChI=1S/C9H12N2O4/c1-3-11-8(13)6(10-9(11)14)5-7(12)15-4-2/h5H,3-4H2,1-2H3,(H,10,14)/b6-5+. The largest absolute Gasteiger partial charge is 0.463 e. The van der Waals surface area contributed by atoms with Gasteiger partial charge in [0.1, 0.15) is 5.70 Å². The van der Waals surface area contributed by atoms with Crippen molar-refractivity contribution in [3.05, 3.63) is 11.8 Å². The zero-order valence-electron chi connectivity index (χ0n) is 8.57. The van der Waals surface area contributed by atoms with E-state index in [2.05, 4.69) is 10.1 Å². The minimum Gasteiger partial charge on any atom is -0.463 e. The van der Waals surface area contributed by atoms with Gasteiger partial charge in [0, 0.05) is 6.54 Å². The predicted octanol–water partition coefficient (Wildman–Crippen LogP) is 0.00510. The normalized spacial score (nSPS) is 18.3. The Kier molecular flexibility index (Phi) is 3.43. The molecule has 0 aliphatic carbocycles. The molecule has 3 amide bonds. The van der Waals surface area contributed by atoms with Gasteiger partial charge in [0.15, 0.2) is 0 Å². The quantitative estimate of drug-likeness (QED) is 0.406. The monoisotopic (exact) mass is 212 g/mol. The van der Waals surface area contributed by atoms with Crippen molar-refractivity contribution in [1.82, 2.24) is 10.2 Å². The van der Waals surface area contributed by atoms with Crippen LogP contribution in [0.15, 0.2) is 11.8 Å². The topological polar surface area (TPSA) is 75.7 Å². The third kappa shape index (κ3) is 2.34. The van der Waals surface area contributed by atoms with Crippen molar-refractivity contribution in [2.24, 2.45) is 0 Å². The van der Waals surface area contributed by atoms with Gasteiger partial charge in [-0.2, -0.15) is 0 Å². The van der Waals surface area contributed by atoms with Gasteiger partial charge in [-0.1, -0.05) is 0 Å². The van der Waals surface area contributed by atoms with Crippen LogP contribution < -0.4 is 5.32 Å². The van der Waals surface area contributed by atoms with Gasteiger partial charge in [0.05, 0.1) is 12.7 Å². The summed E-state index contributed by atoms with van der Waals surface area (Å²) in [7, 11) is 0. The van der Waals surface area contributed by atoms with E-state index in [0.29, 0.717) is 0 Å². The average Bonchev–Trinajstić information content (AvgIpc) is 2.42. The highest BCUT2D eigenvalue weighted by Gasteiger charge is 2.32. The van der Waals surface area contributed by atoms with E-state index in [4.69, 9.17) is 0 Å². The number of carbonyl (C=O) groups excluding carboxylic acids is 3. The molecule has 0 saturated carbocycles. The van der Waals surface area contributed by atoms with Gasteiger partial charge in [0.25, 0.3) is 5.91 Å². The summed E-state index contributed by atoms with van der Waals surface area (Å²) in [5.41, 5.74) is -0.0414. The fourth-order valence-corrected chi connectivity index (χ4v) is 1.16. The lowest BCUT2D eigenvalue weighted by Crippen LogP contribution is -2.30. The minimum absolute atomic E-state index is 0.0414. The molecule has 82 valence electrons. The number of likely N-dealkylation sites (N-methyl/N-ethyl adjacent to an activating group) is 1. The second-order valence-electron chi connectivity index (χ2n) is 2.79. The number of imide groups is 1. The number of nitrogens with zero attached hydrogens (tertiary/aromatic N) is 1. The zero-order valence-corrected chi connectivity index (χ0v) is 8.57. The fourth-order valence-electron chi connectivity index (χ4n) is 1.16. The number of amides is 3. The lowest BCUT2D eigenvalue weighted by atomic mass is 10.4. The number of hydrogen-bond acceptors (Lipinski definition) is 4. The molecular formula is C9H12N2O4. The molecule has 0 unspecified atom stereocenters. The highest BCUT2D eigenvalue weighted by Crippen LogP contribution is 2.08. The van der Waals surface area contributed by atoms with Crippen LogP contribution in [0.1, 0.15) is 13.8 Å². The van der Waals surface area contributed by atoms with Crippen LogP contribution in [-0.2, 0) is 14.3 Å². The molecule has 1 rings (SSSR count). The number of ether oxygens (including phenoxy) is 1. The molecule has 1 N–H and O–H groups in total. The third-order valence-corrected chi connectivity index (χ3v) is 1.83. The van der Waals surface area contributed by atoms with E-state index in [0.717, 1.165) is 11.0 Å². The molecule has 1 fully saturated rings. The van der Waals surface area contributed by atoms with Gasteiger partial charge in [-0.15, -0.1) is 0 Å². The molecule has 0 bridgehead atoms. The molecule has 0 aromatic rings. The molecular weight excluding hydrogens is 200 g/mol. The number of hydrogen-bond donors (Lipinski definition) is 1. The second-order valence-corrected chi connectivity index (χ2v) is 2.79. The van der Waals surface area contributed by atoms with Crippen molar-refractivity contribution < 1.29 is 19.1 Å². The van der Waals surface area contributed by atoms with Crippen molar-refractivity contribution in [2.45, 2.75) is 13.8 Å². The summed E-state index contributed by atoms with van der Waals surface area (Å²) >= 11 is 0. The van der Waals surface area contributed by atoms with E-state index in [1.165, 1.54) is 0 Å². The minimum atomic E-state index is -0.640. The van der Waals surface area contributed by atoms with Crippen LogP contribution in [-0.4, -0.2) is 36.0 Å². The molecule has 1 heterocycles. The molecule has 1 aliphatic rings. The van der Waals surface area contributed by atoms with Crippen molar-refractivity contribution in [1.29, 1.82) is 0 Å². The van der Waals surface area contributed by atoms with Crippen LogP contribution in [0.25, 0.3) is 0 Å². The summed E-state index contributed by atoms with van der Waals surface area (Å²) in [6.45, 7) is 3.82. The fraction of sp³-hybridized carbons (Fsp3) is 0.444. The number of esters is 1. The van der Waals surface area contributed by atoms with Crippen LogP contribution in [0, 0.1) is 0 Å². The Labute approximate surface area is 86.9 Å². The van der Waals surface area contributed by atoms with Gasteiger partial charge >= 0.3 is 12.0 Å². The van der Waals surface area contributed by atoms with Gasteiger partial charge in [0.2, 0.25) is 0 Å². The zero-order chi connectivity index (χ0) is 11.4. The lowest BCUT2D eigenvalue weighted by molar-refractivity contribution is -0.137. The van der Waals surface area contributed by atoms with E-state index < -0.39 is 17.9 Å². The Morgan fingerprint density at radius 1 is 1.47 bits per heavy atom. The molecule has 0 atom stereocenters. The highest BCUT2D eigenvalue weighted by molar-refractivity contribution is 6.13. The first-order chi connectivity index (χ1) is 7.10. The Bertz CT molecular complexity index is 335. The van der Waals surface area contributed by atoms with E-state index in [1.54, 1.807) is 13.8 Å². The van der Waals surface area contributed by atoms with Gasteiger partial charge in [-0.05, 0) is 13.8 Å². The molecule has 0 spiro atoms. The molecule has 6 nitrogen and oxygen atoms in total. The van der Waals surface area contributed by atoms with Crippen LogP contribution in [0.5, 0.6) is 0 Å². The molecule has 1 saturated heterocycles. The van der Waals surface area contributed by atoms with E-state index in [9.17, 15) is 14.4 Å². The highest BCUT2D eigenvalue weighted by atomic mass is 16.5. The van der Waals surface area contributed by atoms with Crippen molar-refractivity contribution in [3.8, 4) is 0 Å². The third-order valence-electron chi connectivity index (χ3n) is 1.83. The second kappa shape index (κ2) is 4.59.